The summed E-state index contributed by atoms with van der Waals surface area (Å²) in [6.45, 7) is 5.10. The van der Waals surface area contributed by atoms with Gasteiger partial charge in [-0.1, -0.05) is 6.07 Å². The molecule has 0 aliphatic heterocycles. The van der Waals surface area contributed by atoms with E-state index in [1.165, 1.54) is 7.11 Å². The number of carbonyl (C=O) groups is 1. The van der Waals surface area contributed by atoms with Crippen LogP contribution in [0.3, 0.4) is 0 Å². The van der Waals surface area contributed by atoms with Crippen molar-refractivity contribution in [2.24, 2.45) is 5.73 Å². The first-order valence-electron chi connectivity index (χ1n) is 7.57. The summed E-state index contributed by atoms with van der Waals surface area (Å²) in [7, 11) is 1.40. The van der Waals surface area contributed by atoms with Crippen LogP contribution in [0.5, 0.6) is 0 Å². The predicted octanol–water partition coefficient (Wildman–Crippen LogP) is 1.71. The van der Waals surface area contributed by atoms with Crippen LogP contribution in [0.4, 0.5) is 5.69 Å². The van der Waals surface area contributed by atoms with E-state index in [1.54, 1.807) is 17.2 Å². The first-order chi connectivity index (χ1) is 11.1. The van der Waals surface area contributed by atoms with Crippen LogP contribution in [0.2, 0.25) is 0 Å². The first-order valence-corrected chi connectivity index (χ1v) is 7.57. The van der Waals surface area contributed by atoms with Gasteiger partial charge in [-0.3, -0.25) is 4.79 Å². The minimum Gasteiger partial charge on any atom is -0.469 e. The molecule has 2 rings (SSSR count). The number of halogens is 1. The molecule has 0 bridgehead atoms. The summed E-state index contributed by atoms with van der Waals surface area (Å²) in [6.07, 6.45) is 3.56. The van der Waals surface area contributed by atoms with E-state index in [1.807, 2.05) is 26.0 Å². The van der Waals surface area contributed by atoms with E-state index < -0.39 is 0 Å². The molecule has 1 aromatic carbocycles. The summed E-state index contributed by atoms with van der Waals surface area (Å²) < 4.78 is 4.78. The average molecular weight is 354 g/mol. The quantitative estimate of drug-likeness (QED) is 0.763. The highest BCUT2D eigenvalue weighted by Gasteiger charge is 2.21. The number of hydrogen-bond acceptors (Lipinski definition) is 6. The number of hydrogen-bond donors (Lipinski definition) is 1. The lowest BCUT2D eigenvalue weighted by atomic mass is 10.1. The summed E-state index contributed by atoms with van der Waals surface area (Å²) in [6, 6.07) is 5.98. The van der Waals surface area contributed by atoms with Crippen molar-refractivity contribution < 1.29 is 9.53 Å². The highest BCUT2D eigenvalue weighted by Crippen LogP contribution is 2.27. The molecule has 0 saturated carbocycles. The van der Waals surface area contributed by atoms with E-state index in [-0.39, 0.29) is 30.8 Å². The zero-order valence-electron chi connectivity index (χ0n) is 14.2. The first kappa shape index (κ1) is 19.9. The fourth-order valence-corrected chi connectivity index (χ4v) is 2.52. The molecule has 2 aromatic rings. The minimum atomic E-state index is -0.245. The third-order valence-electron chi connectivity index (χ3n) is 3.67. The van der Waals surface area contributed by atoms with Gasteiger partial charge in [0.25, 0.3) is 0 Å². The zero-order valence-corrected chi connectivity index (χ0v) is 15.0. The molecular formula is C16H24ClN5O2. The number of aryl methyl sites for hydroxylation is 1. The van der Waals surface area contributed by atoms with Crippen LogP contribution in [0.15, 0.2) is 30.6 Å². The monoisotopic (exact) mass is 353 g/mol. The molecule has 24 heavy (non-hydrogen) atoms. The van der Waals surface area contributed by atoms with Crippen LogP contribution in [0, 0.1) is 6.92 Å². The molecule has 1 unspecified atom stereocenters. The van der Waals surface area contributed by atoms with Crippen molar-refractivity contribution in [1.82, 2.24) is 15.0 Å². The van der Waals surface area contributed by atoms with Crippen molar-refractivity contribution >= 4 is 24.1 Å². The van der Waals surface area contributed by atoms with E-state index in [0.29, 0.717) is 13.1 Å². The van der Waals surface area contributed by atoms with Crippen molar-refractivity contribution in [2.45, 2.75) is 26.3 Å². The zero-order chi connectivity index (χ0) is 16.8. The van der Waals surface area contributed by atoms with Gasteiger partial charge in [0.15, 0.2) is 0 Å². The Morgan fingerprint density at radius 3 is 2.62 bits per heavy atom. The number of aromatic nitrogens is 3. The second-order valence-electron chi connectivity index (χ2n) is 5.42. The molecule has 0 saturated heterocycles. The number of esters is 1. The highest BCUT2D eigenvalue weighted by atomic mass is 35.5. The molecule has 0 radical (unpaired) electrons. The molecule has 8 heteroatoms. The number of methoxy groups -OCH3 is 1. The topological polar surface area (TPSA) is 86.3 Å². The third-order valence-corrected chi connectivity index (χ3v) is 3.67. The molecule has 0 fully saturated rings. The van der Waals surface area contributed by atoms with Crippen LogP contribution in [-0.2, 0) is 9.53 Å². The Hall–Kier alpha value is -2.12. The lowest BCUT2D eigenvalue weighted by molar-refractivity contribution is -0.140. The Kier molecular flexibility index (Phi) is 7.67. The summed E-state index contributed by atoms with van der Waals surface area (Å²) in [4.78, 5) is 15.3. The molecule has 0 amide bonds. The number of benzene rings is 1. The van der Waals surface area contributed by atoms with Gasteiger partial charge >= 0.3 is 5.97 Å². The Morgan fingerprint density at radius 2 is 2.04 bits per heavy atom. The number of carbonyl (C=O) groups excluding carboxylic acids is 1. The molecule has 0 aliphatic rings. The number of ether oxygens (including phenoxy) is 1. The fourth-order valence-electron chi connectivity index (χ4n) is 2.52. The Bertz CT molecular complexity index is 648. The Morgan fingerprint density at radius 1 is 1.38 bits per heavy atom. The van der Waals surface area contributed by atoms with E-state index in [9.17, 15) is 4.79 Å². The van der Waals surface area contributed by atoms with Crippen LogP contribution in [0.25, 0.3) is 5.69 Å². The maximum absolute atomic E-state index is 11.6. The average Bonchev–Trinajstić information content (AvgIpc) is 3.06. The number of nitrogens with zero attached hydrogens (tertiary/aromatic N) is 4. The molecular weight excluding hydrogens is 330 g/mol. The van der Waals surface area contributed by atoms with Gasteiger partial charge in [0.2, 0.25) is 0 Å². The van der Waals surface area contributed by atoms with Gasteiger partial charge in [-0.05, 0) is 31.5 Å². The van der Waals surface area contributed by atoms with E-state index >= 15 is 0 Å². The van der Waals surface area contributed by atoms with Crippen molar-refractivity contribution in [3.8, 4) is 5.69 Å². The maximum Gasteiger partial charge on any atom is 0.307 e. The standard InChI is InChI=1S/C16H23N5O2.ClH/c1-12-4-5-14(21-18-7-8-19-21)15(10-12)20(9-6-17)13(2)11-16(22)23-3;/h4-5,7-8,10,13H,6,9,11,17H2,1-3H3;1H. The van der Waals surface area contributed by atoms with Gasteiger partial charge < -0.3 is 15.4 Å². The van der Waals surface area contributed by atoms with Crippen LogP contribution >= 0.6 is 12.4 Å². The van der Waals surface area contributed by atoms with E-state index in [2.05, 4.69) is 21.2 Å². The molecule has 7 nitrogen and oxygen atoms in total. The molecule has 1 atom stereocenters. The van der Waals surface area contributed by atoms with Gasteiger partial charge in [0.05, 0.1) is 31.6 Å². The van der Waals surface area contributed by atoms with Crippen LogP contribution < -0.4 is 10.6 Å². The molecule has 132 valence electrons. The van der Waals surface area contributed by atoms with Gasteiger partial charge in [-0.25, -0.2) is 0 Å². The molecule has 0 aliphatic carbocycles. The number of nitrogens with two attached hydrogens (primary N) is 1. The highest BCUT2D eigenvalue weighted by molar-refractivity contribution is 5.85. The molecule has 1 aromatic heterocycles. The SMILES string of the molecule is COC(=O)CC(C)N(CCN)c1cc(C)ccc1-n1nccn1.Cl. The second kappa shape index (κ2) is 9.24. The molecule has 2 N–H and O–H groups in total. The summed E-state index contributed by atoms with van der Waals surface area (Å²) in [5.41, 5.74) is 8.69. The minimum absolute atomic E-state index is 0. The molecule has 1 heterocycles. The third kappa shape index (κ3) is 4.69. The van der Waals surface area contributed by atoms with Crippen molar-refractivity contribution in [3.63, 3.8) is 0 Å². The van der Waals surface area contributed by atoms with E-state index in [4.69, 9.17) is 10.5 Å². The normalized spacial score (nSPS) is 11.5. The summed E-state index contributed by atoms with van der Waals surface area (Å²) in [5.74, 6) is -0.245. The van der Waals surface area contributed by atoms with Crippen molar-refractivity contribution in [2.75, 3.05) is 25.1 Å². The number of anilines is 1. The van der Waals surface area contributed by atoms with Gasteiger partial charge in [-0.2, -0.15) is 10.2 Å². The van der Waals surface area contributed by atoms with Gasteiger partial charge in [-0.15, -0.1) is 17.2 Å². The fraction of sp³-hybridized carbons (Fsp3) is 0.438. The number of rotatable bonds is 7. The van der Waals surface area contributed by atoms with Crippen LogP contribution in [-0.4, -0.2) is 47.2 Å². The lowest BCUT2D eigenvalue weighted by Crippen LogP contribution is -2.39. The molecule has 0 spiro atoms. The van der Waals surface area contributed by atoms with Crippen molar-refractivity contribution in [1.29, 1.82) is 0 Å². The maximum atomic E-state index is 11.6. The van der Waals surface area contributed by atoms with Gasteiger partial charge in [0, 0.05) is 19.1 Å². The summed E-state index contributed by atoms with van der Waals surface area (Å²) in [5, 5.41) is 8.42. The van der Waals surface area contributed by atoms with E-state index in [0.717, 1.165) is 16.9 Å². The second-order valence-corrected chi connectivity index (χ2v) is 5.42. The van der Waals surface area contributed by atoms with Crippen LogP contribution in [0.1, 0.15) is 18.9 Å². The smallest absolute Gasteiger partial charge is 0.307 e. The Balaban J connectivity index is 0.00000288. The largest absolute Gasteiger partial charge is 0.469 e. The lowest BCUT2D eigenvalue weighted by Gasteiger charge is -2.32. The van der Waals surface area contributed by atoms with Gasteiger partial charge in [0.1, 0.15) is 5.69 Å². The summed E-state index contributed by atoms with van der Waals surface area (Å²) >= 11 is 0. The predicted molar refractivity (Wildman–Crippen MR) is 95.8 cm³/mol. The Labute approximate surface area is 148 Å². The van der Waals surface area contributed by atoms with Crippen molar-refractivity contribution in [3.05, 3.63) is 36.2 Å².